The number of nitrogens with zero attached hydrogens (tertiary/aromatic N) is 1. The highest BCUT2D eigenvalue weighted by atomic mass is 16.5. The first-order chi connectivity index (χ1) is 8.12. The fraction of sp³-hybridized carbons (Fsp3) is 0.500. The summed E-state index contributed by atoms with van der Waals surface area (Å²) in [7, 11) is 5.23. The quantitative estimate of drug-likeness (QED) is 0.753. The van der Waals surface area contributed by atoms with Crippen molar-refractivity contribution in [3.05, 3.63) is 18.2 Å². The van der Waals surface area contributed by atoms with Crippen LogP contribution in [0.5, 0.6) is 11.5 Å². The second kappa shape index (κ2) is 6.32. The van der Waals surface area contributed by atoms with Gasteiger partial charge < -0.3 is 25.8 Å². The normalized spacial score (nSPS) is 12.1. The smallest absolute Gasteiger partial charge is 0.142 e. The van der Waals surface area contributed by atoms with E-state index < -0.39 is 0 Å². The Labute approximate surface area is 102 Å². The third-order valence-electron chi connectivity index (χ3n) is 2.61. The van der Waals surface area contributed by atoms with Crippen molar-refractivity contribution in [2.45, 2.75) is 6.04 Å². The maximum atomic E-state index is 5.83. The molecule has 0 heterocycles. The van der Waals surface area contributed by atoms with Gasteiger partial charge in [0.15, 0.2) is 0 Å². The third kappa shape index (κ3) is 3.51. The van der Waals surface area contributed by atoms with Crippen molar-refractivity contribution in [1.82, 2.24) is 0 Å². The van der Waals surface area contributed by atoms with E-state index in [1.807, 2.05) is 30.1 Å². The van der Waals surface area contributed by atoms with Gasteiger partial charge in [0.05, 0.1) is 19.9 Å². The summed E-state index contributed by atoms with van der Waals surface area (Å²) in [6.45, 7) is 1.12. The standard InChI is InChI=1S/C12H21N3O2/c1-15(8-9(14)7-13)11-6-10(16-2)4-5-12(11)17-3/h4-6,9H,7-8,13-14H2,1-3H3. The Bertz CT molecular complexity index is 358. The van der Waals surface area contributed by atoms with Crippen LogP contribution in [0.25, 0.3) is 0 Å². The first-order valence-electron chi connectivity index (χ1n) is 5.51. The van der Waals surface area contributed by atoms with Crippen LogP contribution in [-0.2, 0) is 0 Å². The molecule has 0 saturated heterocycles. The second-order valence-corrected chi connectivity index (χ2v) is 3.91. The number of rotatable bonds is 6. The van der Waals surface area contributed by atoms with Crippen LogP contribution >= 0.6 is 0 Å². The molecule has 1 aromatic rings. The molecule has 4 N–H and O–H groups in total. The number of benzene rings is 1. The van der Waals surface area contributed by atoms with Crippen LogP contribution in [-0.4, -0.2) is 40.4 Å². The van der Waals surface area contributed by atoms with E-state index in [4.69, 9.17) is 20.9 Å². The van der Waals surface area contributed by atoms with Crippen LogP contribution in [0.1, 0.15) is 0 Å². The van der Waals surface area contributed by atoms with E-state index in [2.05, 4.69) is 0 Å². The van der Waals surface area contributed by atoms with Crippen LogP contribution in [0, 0.1) is 0 Å². The van der Waals surface area contributed by atoms with E-state index in [0.29, 0.717) is 13.1 Å². The molecular weight excluding hydrogens is 218 g/mol. The lowest BCUT2D eigenvalue weighted by Gasteiger charge is -2.24. The molecule has 1 aromatic carbocycles. The van der Waals surface area contributed by atoms with E-state index in [1.54, 1.807) is 14.2 Å². The van der Waals surface area contributed by atoms with Crippen molar-refractivity contribution < 1.29 is 9.47 Å². The summed E-state index contributed by atoms with van der Waals surface area (Å²) in [5.74, 6) is 1.58. The van der Waals surface area contributed by atoms with Crippen molar-refractivity contribution in [1.29, 1.82) is 0 Å². The summed E-state index contributed by atoms with van der Waals surface area (Å²) in [4.78, 5) is 2.01. The number of hydrogen-bond donors (Lipinski definition) is 2. The van der Waals surface area contributed by atoms with Crippen molar-refractivity contribution in [3.63, 3.8) is 0 Å². The number of methoxy groups -OCH3 is 2. The monoisotopic (exact) mass is 239 g/mol. The molecule has 0 aliphatic heterocycles. The van der Waals surface area contributed by atoms with Gasteiger partial charge in [-0.05, 0) is 12.1 Å². The van der Waals surface area contributed by atoms with Gasteiger partial charge in [-0.1, -0.05) is 0 Å². The zero-order valence-corrected chi connectivity index (χ0v) is 10.6. The molecule has 1 atom stereocenters. The lowest BCUT2D eigenvalue weighted by molar-refractivity contribution is 0.403. The third-order valence-corrected chi connectivity index (χ3v) is 2.61. The molecule has 0 bridgehead atoms. The summed E-state index contributed by atoms with van der Waals surface area (Å²) in [6, 6.07) is 5.59. The molecule has 0 spiro atoms. The molecule has 0 aromatic heterocycles. The number of hydrogen-bond acceptors (Lipinski definition) is 5. The molecule has 96 valence electrons. The molecule has 0 amide bonds. The SMILES string of the molecule is COc1ccc(OC)c(N(C)CC(N)CN)c1. The van der Waals surface area contributed by atoms with Gasteiger partial charge in [-0.3, -0.25) is 0 Å². The van der Waals surface area contributed by atoms with E-state index >= 15 is 0 Å². The molecule has 17 heavy (non-hydrogen) atoms. The Kier molecular flexibility index (Phi) is 5.06. The summed E-state index contributed by atoms with van der Waals surface area (Å²) in [5, 5.41) is 0. The largest absolute Gasteiger partial charge is 0.497 e. The van der Waals surface area contributed by atoms with Crippen molar-refractivity contribution >= 4 is 5.69 Å². The van der Waals surface area contributed by atoms with E-state index in [0.717, 1.165) is 17.2 Å². The Morgan fingerprint density at radius 1 is 1.29 bits per heavy atom. The van der Waals surface area contributed by atoms with E-state index in [1.165, 1.54) is 0 Å². The van der Waals surface area contributed by atoms with Gasteiger partial charge >= 0.3 is 0 Å². The summed E-state index contributed by atoms with van der Waals surface area (Å²) >= 11 is 0. The summed E-state index contributed by atoms with van der Waals surface area (Å²) in [5.41, 5.74) is 12.3. The highest BCUT2D eigenvalue weighted by Crippen LogP contribution is 2.31. The van der Waals surface area contributed by atoms with Crippen LogP contribution in [0.4, 0.5) is 5.69 Å². The zero-order valence-electron chi connectivity index (χ0n) is 10.6. The fourth-order valence-corrected chi connectivity index (χ4v) is 1.62. The zero-order chi connectivity index (χ0) is 12.8. The Balaban J connectivity index is 2.92. The average Bonchev–Trinajstić information content (AvgIpc) is 2.37. The van der Waals surface area contributed by atoms with Crippen LogP contribution in [0.3, 0.4) is 0 Å². The first-order valence-corrected chi connectivity index (χ1v) is 5.51. The lowest BCUT2D eigenvalue weighted by atomic mass is 10.2. The first kappa shape index (κ1) is 13.6. The topological polar surface area (TPSA) is 73.7 Å². The minimum Gasteiger partial charge on any atom is -0.497 e. The van der Waals surface area contributed by atoms with E-state index in [9.17, 15) is 0 Å². The second-order valence-electron chi connectivity index (χ2n) is 3.91. The number of ether oxygens (including phenoxy) is 2. The molecule has 5 heteroatoms. The highest BCUT2D eigenvalue weighted by Gasteiger charge is 2.12. The Morgan fingerprint density at radius 2 is 2.00 bits per heavy atom. The molecule has 0 aliphatic rings. The van der Waals surface area contributed by atoms with Crippen LogP contribution in [0.2, 0.25) is 0 Å². The molecule has 5 nitrogen and oxygen atoms in total. The van der Waals surface area contributed by atoms with Gasteiger partial charge in [0, 0.05) is 32.2 Å². The minimum atomic E-state index is -0.0593. The summed E-state index contributed by atoms with van der Waals surface area (Å²) in [6.07, 6.45) is 0. The summed E-state index contributed by atoms with van der Waals surface area (Å²) < 4.78 is 10.5. The van der Waals surface area contributed by atoms with Gasteiger partial charge in [0.25, 0.3) is 0 Å². The average molecular weight is 239 g/mol. The van der Waals surface area contributed by atoms with E-state index in [-0.39, 0.29) is 6.04 Å². The number of anilines is 1. The molecule has 0 fully saturated rings. The van der Waals surface area contributed by atoms with Gasteiger partial charge in [0.2, 0.25) is 0 Å². The van der Waals surface area contributed by atoms with Gasteiger partial charge in [-0.2, -0.15) is 0 Å². The van der Waals surface area contributed by atoms with Gasteiger partial charge in [0.1, 0.15) is 11.5 Å². The van der Waals surface area contributed by atoms with Gasteiger partial charge in [-0.15, -0.1) is 0 Å². The molecular formula is C12H21N3O2. The van der Waals surface area contributed by atoms with Crippen LogP contribution < -0.4 is 25.8 Å². The van der Waals surface area contributed by atoms with Crippen molar-refractivity contribution in [3.8, 4) is 11.5 Å². The lowest BCUT2D eigenvalue weighted by Crippen LogP contribution is -2.40. The molecule has 0 aliphatic carbocycles. The number of nitrogens with two attached hydrogens (primary N) is 2. The molecule has 1 unspecified atom stereocenters. The Morgan fingerprint density at radius 3 is 2.53 bits per heavy atom. The van der Waals surface area contributed by atoms with Crippen molar-refractivity contribution in [2.75, 3.05) is 39.3 Å². The predicted molar refractivity (Wildman–Crippen MR) is 69.8 cm³/mol. The molecule has 1 rings (SSSR count). The fourth-order valence-electron chi connectivity index (χ4n) is 1.62. The molecule has 0 radical (unpaired) electrons. The Hall–Kier alpha value is -1.46. The number of likely N-dealkylation sites (N-methyl/N-ethyl adjacent to an activating group) is 1. The van der Waals surface area contributed by atoms with Gasteiger partial charge in [-0.25, -0.2) is 0 Å². The highest BCUT2D eigenvalue weighted by molar-refractivity contribution is 5.61. The predicted octanol–water partition coefficient (Wildman–Crippen LogP) is 0.426. The van der Waals surface area contributed by atoms with Crippen LogP contribution in [0.15, 0.2) is 18.2 Å². The maximum Gasteiger partial charge on any atom is 0.142 e. The molecule has 0 saturated carbocycles. The minimum absolute atomic E-state index is 0.0593. The van der Waals surface area contributed by atoms with Crippen molar-refractivity contribution in [2.24, 2.45) is 11.5 Å². The maximum absolute atomic E-state index is 5.83.